The fraction of sp³-hybridized carbons (Fsp3) is 0.667. The van der Waals surface area contributed by atoms with Gasteiger partial charge in [-0.05, 0) is 37.1 Å². The van der Waals surface area contributed by atoms with Crippen molar-refractivity contribution in [3.8, 4) is 0 Å². The molecule has 0 spiro atoms. The summed E-state index contributed by atoms with van der Waals surface area (Å²) in [6.07, 6.45) is 8.78. The van der Waals surface area contributed by atoms with E-state index in [1.165, 1.54) is 25.7 Å². The first kappa shape index (κ1) is 20.9. The molecule has 0 unspecified atom stereocenters. The molecule has 0 bridgehead atoms. The Morgan fingerprint density at radius 1 is 0.826 bits per heavy atom. The molecular formula is C18H30BrO3P. The molecule has 132 valence electrons. The van der Waals surface area contributed by atoms with Gasteiger partial charge in [0.05, 0.1) is 18.5 Å². The van der Waals surface area contributed by atoms with E-state index in [-0.39, 0.29) is 0 Å². The smallest absolute Gasteiger partial charge is 0.305 e. The highest BCUT2D eigenvalue weighted by Gasteiger charge is 2.27. The third-order valence-corrected chi connectivity index (χ3v) is 6.17. The van der Waals surface area contributed by atoms with E-state index in [4.69, 9.17) is 9.05 Å². The van der Waals surface area contributed by atoms with Crippen molar-refractivity contribution < 1.29 is 13.6 Å². The molecule has 0 amide bonds. The van der Waals surface area contributed by atoms with Gasteiger partial charge in [-0.2, -0.15) is 0 Å². The Bertz CT molecular complexity index is 444. The van der Waals surface area contributed by atoms with Crippen LogP contribution >= 0.6 is 23.5 Å². The summed E-state index contributed by atoms with van der Waals surface area (Å²) in [6.45, 7) is 5.32. The minimum Gasteiger partial charge on any atom is -0.305 e. The highest BCUT2D eigenvalue weighted by molar-refractivity contribution is 9.10. The van der Waals surface area contributed by atoms with Crippen LogP contribution < -0.4 is 5.30 Å². The van der Waals surface area contributed by atoms with E-state index in [9.17, 15) is 4.57 Å². The zero-order chi connectivity index (χ0) is 17.0. The van der Waals surface area contributed by atoms with Gasteiger partial charge in [-0.25, -0.2) is 0 Å². The van der Waals surface area contributed by atoms with E-state index in [0.717, 1.165) is 30.2 Å². The van der Waals surface area contributed by atoms with Crippen molar-refractivity contribution >= 4 is 28.8 Å². The van der Waals surface area contributed by atoms with Gasteiger partial charge in [-0.3, -0.25) is 4.57 Å². The predicted molar refractivity (Wildman–Crippen MR) is 102 cm³/mol. The molecule has 0 aromatic heterocycles. The quantitative estimate of drug-likeness (QED) is 0.279. The van der Waals surface area contributed by atoms with Crippen LogP contribution in [0.1, 0.15) is 65.2 Å². The average Bonchev–Trinajstić information content (AvgIpc) is 2.55. The first-order chi connectivity index (χ1) is 11.1. The summed E-state index contributed by atoms with van der Waals surface area (Å²) >= 11 is 3.40. The molecule has 5 heteroatoms. The average molecular weight is 405 g/mol. The highest BCUT2D eigenvalue weighted by atomic mass is 79.9. The van der Waals surface area contributed by atoms with Gasteiger partial charge in [0.2, 0.25) is 0 Å². The first-order valence-corrected chi connectivity index (χ1v) is 11.1. The maximum atomic E-state index is 13.1. The molecule has 3 nitrogen and oxygen atoms in total. The number of hydrogen-bond acceptors (Lipinski definition) is 3. The van der Waals surface area contributed by atoms with E-state index in [0.29, 0.717) is 18.5 Å². The minimum atomic E-state index is -3.21. The highest BCUT2D eigenvalue weighted by Crippen LogP contribution is 2.47. The first-order valence-electron chi connectivity index (χ1n) is 8.77. The standard InChI is InChI=1S/C18H30BrO3P/c1-3-5-7-9-15-21-23(20,22-16-10-8-6-4-2)18-13-11-17(19)12-14-18/h11-14H,3-10,15-16H2,1-2H3. The third-order valence-electron chi connectivity index (χ3n) is 3.66. The number of rotatable bonds is 13. The fourth-order valence-electron chi connectivity index (χ4n) is 2.24. The van der Waals surface area contributed by atoms with E-state index < -0.39 is 7.60 Å². The Kier molecular flexibility index (Phi) is 11.1. The molecule has 0 fully saturated rings. The Labute approximate surface area is 149 Å². The zero-order valence-electron chi connectivity index (χ0n) is 14.4. The molecule has 0 heterocycles. The van der Waals surface area contributed by atoms with Gasteiger partial charge < -0.3 is 9.05 Å². The van der Waals surface area contributed by atoms with Crippen LogP contribution in [0.25, 0.3) is 0 Å². The maximum absolute atomic E-state index is 13.1. The molecule has 1 rings (SSSR count). The van der Waals surface area contributed by atoms with Crippen molar-refractivity contribution in [2.24, 2.45) is 0 Å². The lowest BCUT2D eigenvalue weighted by Gasteiger charge is -2.19. The van der Waals surface area contributed by atoms with Crippen LogP contribution in [0.3, 0.4) is 0 Å². The summed E-state index contributed by atoms with van der Waals surface area (Å²) in [4.78, 5) is 0. The summed E-state index contributed by atoms with van der Waals surface area (Å²) in [6, 6.07) is 7.40. The molecule has 0 radical (unpaired) electrons. The maximum Gasteiger partial charge on any atom is 0.361 e. The lowest BCUT2D eigenvalue weighted by molar-refractivity contribution is 0.206. The number of benzene rings is 1. The minimum absolute atomic E-state index is 0.488. The van der Waals surface area contributed by atoms with Crippen molar-refractivity contribution in [3.63, 3.8) is 0 Å². The van der Waals surface area contributed by atoms with Crippen molar-refractivity contribution in [1.29, 1.82) is 0 Å². The van der Waals surface area contributed by atoms with Crippen LogP contribution in [-0.4, -0.2) is 13.2 Å². The van der Waals surface area contributed by atoms with Crippen molar-refractivity contribution in [1.82, 2.24) is 0 Å². The van der Waals surface area contributed by atoms with Crippen LogP contribution in [0.2, 0.25) is 0 Å². The molecule has 0 N–H and O–H groups in total. The van der Waals surface area contributed by atoms with Gasteiger partial charge in [-0.15, -0.1) is 0 Å². The summed E-state index contributed by atoms with van der Waals surface area (Å²) < 4.78 is 25.5. The molecular weight excluding hydrogens is 375 g/mol. The molecule has 1 aromatic rings. The van der Waals surface area contributed by atoms with Crippen LogP contribution in [0, 0.1) is 0 Å². The SMILES string of the molecule is CCCCCCOP(=O)(OCCCCCC)c1ccc(Br)cc1. The van der Waals surface area contributed by atoms with Gasteiger partial charge in [0.25, 0.3) is 0 Å². The van der Waals surface area contributed by atoms with Gasteiger partial charge in [-0.1, -0.05) is 68.3 Å². The Morgan fingerprint density at radius 3 is 1.74 bits per heavy atom. The fourth-order valence-corrected chi connectivity index (χ4v) is 4.13. The molecule has 0 saturated carbocycles. The summed E-state index contributed by atoms with van der Waals surface area (Å²) in [7, 11) is -3.21. The van der Waals surface area contributed by atoms with Crippen LogP contribution in [0.5, 0.6) is 0 Å². The molecule has 0 aliphatic heterocycles. The molecule has 0 saturated heterocycles. The number of halogens is 1. The van der Waals surface area contributed by atoms with Crippen LogP contribution in [0.4, 0.5) is 0 Å². The normalized spacial score (nSPS) is 11.8. The number of hydrogen-bond donors (Lipinski definition) is 0. The molecule has 0 atom stereocenters. The predicted octanol–water partition coefficient (Wildman–Crippen LogP) is 6.46. The van der Waals surface area contributed by atoms with Crippen molar-refractivity contribution in [3.05, 3.63) is 28.7 Å². The molecule has 23 heavy (non-hydrogen) atoms. The second kappa shape index (κ2) is 12.2. The summed E-state index contributed by atoms with van der Waals surface area (Å²) in [5.41, 5.74) is 0. The van der Waals surface area contributed by atoms with Crippen LogP contribution in [-0.2, 0) is 13.6 Å². The summed E-state index contributed by atoms with van der Waals surface area (Å²) in [5.74, 6) is 0. The van der Waals surface area contributed by atoms with Gasteiger partial charge in [0.1, 0.15) is 0 Å². The largest absolute Gasteiger partial charge is 0.361 e. The van der Waals surface area contributed by atoms with Gasteiger partial charge in [0, 0.05) is 4.47 Å². The monoisotopic (exact) mass is 404 g/mol. The van der Waals surface area contributed by atoms with Crippen molar-refractivity contribution in [2.45, 2.75) is 65.2 Å². The second-order valence-electron chi connectivity index (χ2n) is 5.76. The Morgan fingerprint density at radius 2 is 1.30 bits per heavy atom. The van der Waals surface area contributed by atoms with Gasteiger partial charge in [0.15, 0.2) is 0 Å². The Hall–Kier alpha value is -0.150. The van der Waals surface area contributed by atoms with Gasteiger partial charge >= 0.3 is 7.60 Å². The lowest BCUT2D eigenvalue weighted by Crippen LogP contribution is -2.11. The zero-order valence-corrected chi connectivity index (χ0v) is 16.9. The van der Waals surface area contributed by atoms with E-state index in [1.807, 2.05) is 24.3 Å². The van der Waals surface area contributed by atoms with E-state index in [2.05, 4.69) is 29.8 Å². The third kappa shape index (κ3) is 8.49. The van der Waals surface area contributed by atoms with Crippen molar-refractivity contribution in [2.75, 3.05) is 13.2 Å². The van der Waals surface area contributed by atoms with E-state index in [1.54, 1.807) is 0 Å². The molecule has 0 aliphatic carbocycles. The molecule has 0 aliphatic rings. The van der Waals surface area contributed by atoms with Crippen LogP contribution in [0.15, 0.2) is 28.7 Å². The lowest BCUT2D eigenvalue weighted by atomic mass is 10.2. The number of unbranched alkanes of at least 4 members (excludes halogenated alkanes) is 6. The Balaban J connectivity index is 2.59. The second-order valence-corrected chi connectivity index (χ2v) is 8.71. The van der Waals surface area contributed by atoms with E-state index >= 15 is 0 Å². The summed E-state index contributed by atoms with van der Waals surface area (Å²) in [5, 5.41) is 0.645. The molecule has 1 aromatic carbocycles. The topological polar surface area (TPSA) is 35.5 Å².